The summed E-state index contributed by atoms with van der Waals surface area (Å²) < 4.78 is 2.94. The van der Waals surface area contributed by atoms with Crippen molar-refractivity contribution in [2.75, 3.05) is 0 Å². The molecule has 38 heavy (non-hydrogen) atoms. The number of nitrogens with zero attached hydrogens (tertiary/aromatic N) is 8. The Morgan fingerprint density at radius 3 is 2.55 bits per heavy atom. The molecular weight excluding hydrogens is 482 g/mol. The Hall–Kier alpha value is -5.50. The molecule has 0 unspecified atom stereocenters. The van der Waals surface area contributed by atoms with Crippen LogP contribution in [-0.4, -0.2) is 39.3 Å². The second-order valence-electron chi connectivity index (χ2n) is 9.19. The van der Waals surface area contributed by atoms with Crippen molar-refractivity contribution in [3.8, 4) is 29.0 Å². The summed E-state index contributed by atoms with van der Waals surface area (Å²) in [4.78, 5) is 46.3. The molecule has 184 valence electrons. The third-order valence-electron chi connectivity index (χ3n) is 6.33. The van der Waals surface area contributed by atoms with E-state index in [-0.39, 0.29) is 5.39 Å². The number of hydrogen-bond acceptors (Lipinski definition) is 8. The third kappa shape index (κ3) is 3.72. The molecule has 0 aliphatic carbocycles. The normalized spacial score (nSPS) is 11.6. The van der Waals surface area contributed by atoms with Gasteiger partial charge in [0, 0.05) is 36.5 Å². The number of fused-ring (bicyclic) bond motifs is 3. The molecule has 11 nitrogen and oxygen atoms in total. The Balaban J connectivity index is 1.60. The summed E-state index contributed by atoms with van der Waals surface area (Å²) in [5.74, 6) is 0.409. The molecule has 0 atom stereocenters. The Morgan fingerprint density at radius 1 is 1.00 bits per heavy atom. The van der Waals surface area contributed by atoms with Crippen LogP contribution in [0.3, 0.4) is 0 Å². The molecular formula is C27H19N9O2. The molecule has 5 heterocycles. The lowest BCUT2D eigenvalue weighted by Crippen LogP contribution is -2.30. The summed E-state index contributed by atoms with van der Waals surface area (Å²) in [7, 11) is 0. The van der Waals surface area contributed by atoms with Gasteiger partial charge in [0.2, 0.25) is 5.95 Å². The highest BCUT2D eigenvalue weighted by Gasteiger charge is 2.21. The third-order valence-corrected chi connectivity index (χ3v) is 6.33. The van der Waals surface area contributed by atoms with Gasteiger partial charge in [0.15, 0.2) is 0 Å². The molecule has 0 amide bonds. The Bertz CT molecular complexity index is 2000. The molecule has 11 heteroatoms. The topological polar surface area (TPSA) is 148 Å². The van der Waals surface area contributed by atoms with Crippen molar-refractivity contribution in [2.24, 2.45) is 0 Å². The van der Waals surface area contributed by atoms with Crippen LogP contribution in [0.1, 0.15) is 19.4 Å². The van der Waals surface area contributed by atoms with Gasteiger partial charge in [-0.25, -0.2) is 24.4 Å². The molecule has 0 bridgehead atoms. The number of pyridine rings is 2. The predicted molar refractivity (Wildman–Crippen MR) is 140 cm³/mol. The lowest BCUT2D eigenvalue weighted by Gasteiger charge is -2.18. The highest BCUT2D eigenvalue weighted by Crippen LogP contribution is 2.28. The maximum Gasteiger partial charge on any atom is 0.333 e. The number of aromatic nitrogens is 8. The molecule has 6 rings (SSSR count). The fourth-order valence-electron chi connectivity index (χ4n) is 4.23. The van der Waals surface area contributed by atoms with Gasteiger partial charge in [-0.1, -0.05) is 12.1 Å². The van der Waals surface area contributed by atoms with Crippen molar-refractivity contribution < 1.29 is 0 Å². The van der Waals surface area contributed by atoms with Gasteiger partial charge in [-0.2, -0.15) is 10.4 Å². The van der Waals surface area contributed by atoms with Crippen LogP contribution < -0.4 is 11.2 Å². The van der Waals surface area contributed by atoms with Crippen LogP contribution in [-0.2, 0) is 5.41 Å². The van der Waals surface area contributed by atoms with E-state index in [4.69, 9.17) is 4.98 Å². The lowest BCUT2D eigenvalue weighted by atomic mass is 9.86. The van der Waals surface area contributed by atoms with Gasteiger partial charge in [-0.05, 0) is 49.7 Å². The summed E-state index contributed by atoms with van der Waals surface area (Å²) in [6, 6.07) is 14.7. The number of rotatable bonds is 4. The van der Waals surface area contributed by atoms with E-state index >= 15 is 0 Å². The summed E-state index contributed by atoms with van der Waals surface area (Å²) in [6.07, 6.45) is 8.07. The van der Waals surface area contributed by atoms with E-state index < -0.39 is 16.7 Å². The first-order valence-corrected chi connectivity index (χ1v) is 11.7. The highest BCUT2D eigenvalue weighted by atomic mass is 16.2. The number of nitrogens with one attached hydrogen (secondary N) is 1. The molecule has 5 aromatic heterocycles. The van der Waals surface area contributed by atoms with Crippen molar-refractivity contribution in [1.29, 1.82) is 5.26 Å². The highest BCUT2D eigenvalue weighted by molar-refractivity contribution is 6.01. The zero-order valence-corrected chi connectivity index (χ0v) is 20.3. The van der Waals surface area contributed by atoms with Gasteiger partial charge >= 0.3 is 5.69 Å². The molecule has 0 saturated carbocycles. The molecule has 0 aliphatic heterocycles. The Morgan fingerprint density at radius 2 is 1.82 bits per heavy atom. The van der Waals surface area contributed by atoms with Gasteiger partial charge in [0.05, 0.1) is 39.3 Å². The van der Waals surface area contributed by atoms with E-state index in [1.54, 1.807) is 79.7 Å². The maximum atomic E-state index is 13.2. The smallest absolute Gasteiger partial charge is 0.273 e. The Labute approximate surface area is 214 Å². The van der Waals surface area contributed by atoms with E-state index in [0.717, 1.165) is 5.56 Å². The summed E-state index contributed by atoms with van der Waals surface area (Å²) in [5, 5.41) is 14.0. The van der Waals surface area contributed by atoms with Crippen molar-refractivity contribution in [3.05, 3.63) is 99.9 Å². The molecule has 0 fully saturated rings. The minimum Gasteiger partial charge on any atom is -0.273 e. The van der Waals surface area contributed by atoms with Gasteiger partial charge in [-0.3, -0.25) is 19.3 Å². The second-order valence-corrected chi connectivity index (χ2v) is 9.19. The van der Waals surface area contributed by atoms with E-state index in [2.05, 4.69) is 31.1 Å². The van der Waals surface area contributed by atoms with E-state index in [1.165, 1.54) is 10.8 Å². The van der Waals surface area contributed by atoms with E-state index in [9.17, 15) is 14.9 Å². The monoisotopic (exact) mass is 501 g/mol. The average molecular weight is 502 g/mol. The van der Waals surface area contributed by atoms with Crippen LogP contribution in [0.4, 0.5) is 0 Å². The second kappa shape index (κ2) is 8.56. The summed E-state index contributed by atoms with van der Waals surface area (Å²) >= 11 is 0. The standard InChI is InChI=1S/C27H19N9O2/c1-27(2,15-28)17-5-3-6-18(11-17)36-23-19(24(37)34-26(36)38)14-29-21-8-7-20(33-22(21)23)16-12-30-25(31-13-16)35-10-4-9-32-35/h3-14H,1-2H3,(H,34,37,38). The molecule has 1 N–H and O–H groups in total. The quantitative estimate of drug-likeness (QED) is 0.362. The molecule has 6 aromatic rings. The predicted octanol–water partition coefficient (Wildman–Crippen LogP) is 3.07. The molecule has 1 aromatic carbocycles. The van der Waals surface area contributed by atoms with Crippen molar-refractivity contribution >= 4 is 21.9 Å². The van der Waals surface area contributed by atoms with Crippen LogP contribution in [0.25, 0.3) is 44.8 Å². The van der Waals surface area contributed by atoms with Crippen molar-refractivity contribution in [1.82, 2.24) is 39.3 Å². The fourth-order valence-corrected chi connectivity index (χ4v) is 4.23. The largest absolute Gasteiger partial charge is 0.333 e. The number of H-pyrrole nitrogens is 1. The SMILES string of the molecule is CC(C)(C#N)c1cccc(-n2c(=O)[nH]c(=O)c3cnc4ccc(-c5cnc(-n6cccn6)nc5)nc4c32)c1. The number of benzene rings is 1. The maximum absolute atomic E-state index is 13.2. The first-order chi connectivity index (χ1) is 18.4. The van der Waals surface area contributed by atoms with E-state index in [1.807, 2.05) is 6.07 Å². The number of aromatic amines is 1. The van der Waals surface area contributed by atoms with Gasteiger partial charge in [-0.15, -0.1) is 0 Å². The first-order valence-electron chi connectivity index (χ1n) is 11.7. The summed E-state index contributed by atoms with van der Waals surface area (Å²) in [5.41, 5.74) is 1.60. The van der Waals surface area contributed by atoms with Crippen molar-refractivity contribution in [3.63, 3.8) is 0 Å². The fraction of sp³-hybridized carbons (Fsp3) is 0.111. The van der Waals surface area contributed by atoms with Crippen LogP contribution in [0.15, 0.2) is 83.0 Å². The zero-order valence-electron chi connectivity index (χ0n) is 20.3. The average Bonchev–Trinajstić information content (AvgIpc) is 3.48. The van der Waals surface area contributed by atoms with Gasteiger partial charge in [0.1, 0.15) is 5.52 Å². The molecule has 0 aliphatic rings. The molecule has 0 saturated heterocycles. The zero-order chi connectivity index (χ0) is 26.4. The van der Waals surface area contributed by atoms with Crippen LogP contribution >= 0.6 is 0 Å². The summed E-state index contributed by atoms with van der Waals surface area (Å²) in [6.45, 7) is 3.60. The minimum atomic E-state index is -0.783. The van der Waals surface area contributed by atoms with Crippen molar-refractivity contribution in [2.45, 2.75) is 19.3 Å². The Kier molecular flexibility index (Phi) is 5.17. The molecule has 0 spiro atoms. The molecule has 0 radical (unpaired) electrons. The number of hydrogen-bond donors (Lipinski definition) is 1. The lowest BCUT2D eigenvalue weighted by molar-refractivity contribution is 0.686. The van der Waals surface area contributed by atoms with Crippen LogP contribution in [0, 0.1) is 11.3 Å². The van der Waals surface area contributed by atoms with Crippen LogP contribution in [0.5, 0.6) is 0 Å². The van der Waals surface area contributed by atoms with Gasteiger partial charge in [0.25, 0.3) is 5.56 Å². The number of nitriles is 1. The van der Waals surface area contributed by atoms with Gasteiger partial charge < -0.3 is 0 Å². The van der Waals surface area contributed by atoms with Crippen LogP contribution in [0.2, 0.25) is 0 Å². The van der Waals surface area contributed by atoms with E-state index in [0.29, 0.717) is 39.4 Å². The minimum absolute atomic E-state index is 0.206. The first kappa shape index (κ1) is 22.9.